The van der Waals surface area contributed by atoms with Gasteiger partial charge in [-0.2, -0.15) is 0 Å². The normalized spacial score (nSPS) is 12.4. The molecule has 0 aliphatic carbocycles. The van der Waals surface area contributed by atoms with Crippen molar-refractivity contribution < 1.29 is 0 Å². The minimum absolute atomic E-state index is 0.129. The number of nitrogens with two attached hydrogens (primary N) is 1. The fourth-order valence-electron chi connectivity index (χ4n) is 1.79. The van der Waals surface area contributed by atoms with Crippen molar-refractivity contribution in [2.75, 3.05) is 5.75 Å². The Hall–Kier alpha value is -0.670. The molecule has 0 aromatic heterocycles. The van der Waals surface area contributed by atoms with Crippen molar-refractivity contribution in [1.29, 1.82) is 0 Å². The molecule has 0 radical (unpaired) electrons. The molecule has 19 heavy (non-hydrogen) atoms. The second-order valence-corrected chi connectivity index (χ2v) is 6.25. The summed E-state index contributed by atoms with van der Waals surface area (Å²) in [5.74, 6) is 0.769. The van der Waals surface area contributed by atoms with Crippen LogP contribution in [0.3, 0.4) is 0 Å². The average Bonchev–Trinajstić information content (AvgIpc) is 2.40. The monoisotopic (exact) mass is 311 g/mol. The van der Waals surface area contributed by atoms with Crippen molar-refractivity contribution in [3.63, 3.8) is 0 Å². The molecule has 1 nitrogen and oxygen atoms in total. The predicted octanol–water partition coefficient (Wildman–Crippen LogP) is 5.09. The second kappa shape index (κ2) is 6.67. The first-order valence-electron chi connectivity index (χ1n) is 5.97. The van der Waals surface area contributed by atoms with E-state index in [1.54, 1.807) is 23.9 Å². The topological polar surface area (TPSA) is 26.0 Å². The van der Waals surface area contributed by atoms with E-state index in [2.05, 4.69) is 19.1 Å². The summed E-state index contributed by atoms with van der Waals surface area (Å²) in [6.07, 6.45) is 0. The molecule has 1 unspecified atom stereocenters. The maximum Gasteiger partial charge on any atom is 0.0455 e. The minimum atomic E-state index is -0.129. The van der Waals surface area contributed by atoms with Crippen LogP contribution in [0.2, 0.25) is 10.0 Å². The van der Waals surface area contributed by atoms with Gasteiger partial charge < -0.3 is 5.73 Å². The van der Waals surface area contributed by atoms with Crippen molar-refractivity contribution >= 4 is 35.0 Å². The van der Waals surface area contributed by atoms with Crippen LogP contribution in [0.25, 0.3) is 0 Å². The summed E-state index contributed by atoms with van der Waals surface area (Å²) < 4.78 is 0. The number of hydrogen-bond donors (Lipinski definition) is 1. The van der Waals surface area contributed by atoms with Gasteiger partial charge in [-0.1, -0.05) is 41.4 Å². The molecule has 0 spiro atoms. The molecule has 1 atom stereocenters. The third-order valence-corrected chi connectivity index (χ3v) is 4.74. The Bertz CT molecular complexity index is 572. The quantitative estimate of drug-likeness (QED) is 0.795. The fourth-order valence-corrected chi connectivity index (χ4v) is 3.23. The first-order chi connectivity index (χ1) is 9.08. The molecule has 0 fully saturated rings. The summed E-state index contributed by atoms with van der Waals surface area (Å²) in [6.45, 7) is 2.10. The molecule has 2 N–H and O–H groups in total. The van der Waals surface area contributed by atoms with Gasteiger partial charge >= 0.3 is 0 Å². The van der Waals surface area contributed by atoms with Crippen LogP contribution >= 0.6 is 35.0 Å². The van der Waals surface area contributed by atoms with Crippen molar-refractivity contribution in [3.8, 4) is 0 Å². The van der Waals surface area contributed by atoms with Crippen molar-refractivity contribution in [1.82, 2.24) is 0 Å². The van der Waals surface area contributed by atoms with Gasteiger partial charge in [-0.3, -0.25) is 0 Å². The maximum atomic E-state index is 6.20. The first-order valence-corrected chi connectivity index (χ1v) is 7.71. The summed E-state index contributed by atoms with van der Waals surface area (Å²) in [4.78, 5) is 1.25. The molecule has 0 aliphatic heterocycles. The van der Waals surface area contributed by atoms with E-state index in [4.69, 9.17) is 28.9 Å². The highest BCUT2D eigenvalue weighted by molar-refractivity contribution is 7.99. The maximum absolute atomic E-state index is 6.20. The molecule has 0 heterocycles. The molecule has 4 heteroatoms. The van der Waals surface area contributed by atoms with Crippen LogP contribution in [0.1, 0.15) is 17.2 Å². The number of rotatable bonds is 4. The van der Waals surface area contributed by atoms with Crippen LogP contribution in [-0.2, 0) is 0 Å². The van der Waals surface area contributed by atoms with Crippen molar-refractivity contribution in [3.05, 3.63) is 63.6 Å². The summed E-state index contributed by atoms with van der Waals surface area (Å²) in [7, 11) is 0. The van der Waals surface area contributed by atoms with Gasteiger partial charge in [0.05, 0.1) is 0 Å². The first kappa shape index (κ1) is 14.7. The van der Waals surface area contributed by atoms with Gasteiger partial charge in [-0.05, 0) is 42.3 Å². The van der Waals surface area contributed by atoms with Gasteiger partial charge in [0.15, 0.2) is 0 Å². The van der Waals surface area contributed by atoms with Gasteiger partial charge in [0.2, 0.25) is 0 Å². The summed E-state index contributed by atoms with van der Waals surface area (Å²) >= 11 is 13.9. The lowest BCUT2D eigenvalue weighted by molar-refractivity contribution is 0.831. The van der Waals surface area contributed by atoms with Gasteiger partial charge in [-0.15, -0.1) is 11.8 Å². The summed E-state index contributed by atoms with van der Waals surface area (Å²) in [5.41, 5.74) is 8.36. The van der Waals surface area contributed by atoms with E-state index in [1.165, 1.54) is 10.5 Å². The Morgan fingerprint density at radius 3 is 2.63 bits per heavy atom. The number of hydrogen-bond acceptors (Lipinski definition) is 2. The van der Waals surface area contributed by atoms with Gasteiger partial charge in [-0.25, -0.2) is 0 Å². The molecule has 0 saturated carbocycles. The highest BCUT2D eigenvalue weighted by Gasteiger charge is 2.12. The number of thioether (sulfide) groups is 1. The van der Waals surface area contributed by atoms with Gasteiger partial charge in [0, 0.05) is 26.7 Å². The molecule has 0 saturated heterocycles. The minimum Gasteiger partial charge on any atom is -0.323 e. The smallest absolute Gasteiger partial charge is 0.0455 e. The van der Waals surface area contributed by atoms with Crippen molar-refractivity contribution in [2.24, 2.45) is 5.73 Å². The van der Waals surface area contributed by atoms with Crippen LogP contribution in [-0.4, -0.2) is 5.75 Å². The summed E-state index contributed by atoms with van der Waals surface area (Å²) in [6, 6.07) is 13.5. The van der Waals surface area contributed by atoms with Crippen LogP contribution in [0.15, 0.2) is 47.4 Å². The van der Waals surface area contributed by atoms with Gasteiger partial charge in [0.25, 0.3) is 0 Å². The summed E-state index contributed by atoms with van der Waals surface area (Å²) in [5, 5.41) is 1.33. The van der Waals surface area contributed by atoms with Crippen LogP contribution in [0.4, 0.5) is 0 Å². The Balaban J connectivity index is 2.07. The van der Waals surface area contributed by atoms with E-state index in [0.717, 1.165) is 11.3 Å². The van der Waals surface area contributed by atoms with Crippen LogP contribution in [0, 0.1) is 6.92 Å². The Morgan fingerprint density at radius 1 is 1.16 bits per heavy atom. The molecule has 100 valence electrons. The third-order valence-electron chi connectivity index (χ3n) is 2.87. The Labute approximate surface area is 128 Å². The number of halogens is 2. The second-order valence-electron chi connectivity index (χ2n) is 4.35. The van der Waals surface area contributed by atoms with E-state index in [1.807, 2.05) is 18.2 Å². The van der Waals surface area contributed by atoms with E-state index in [0.29, 0.717) is 10.0 Å². The van der Waals surface area contributed by atoms with E-state index >= 15 is 0 Å². The molecule has 2 rings (SSSR count). The van der Waals surface area contributed by atoms with Gasteiger partial charge in [0.1, 0.15) is 0 Å². The SMILES string of the molecule is Cc1ccccc1SCC(N)c1cc(Cl)ccc1Cl. The lowest BCUT2D eigenvalue weighted by Crippen LogP contribution is -2.13. The molecule has 0 bridgehead atoms. The molecular weight excluding hydrogens is 297 g/mol. The average molecular weight is 312 g/mol. The molecule has 0 aliphatic rings. The highest BCUT2D eigenvalue weighted by atomic mass is 35.5. The molecule has 2 aromatic rings. The zero-order valence-corrected chi connectivity index (χ0v) is 12.9. The fraction of sp³-hybridized carbons (Fsp3) is 0.200. The highest BCUT2D eigenvalue weighted by Crippen LogP contribution is 2.30. The van der Waals surface area contributed by atoms with Crippen LogP contribution in [0.5, 0.6) is 0 Å². The Kier molecular flexibility index (Phi) is 5.17. The van der Waals surface area contributed by atoms with Crippen LogP contribution < -0.4 is 5.73 Å². The van der Waals surface area contributed by atoms with E-state index in [9.17, 15) is 0 Å². The number of benzene rings is 2. The molecule has 2 aromatic carbocycles. The predicted molar refractivity (Wildman–Crippen MR) is 85.3 cm³/mol. The van der Waals surface area contributed by atoms with Crippen molar-refractivity contribution in [2.45, 2.75) is 17.9 Å². The largest absolute Gasteiger partial charge is 0.323 e. The number of aryl methyl sites for hydroxylation is 1. The lowest BCUT2D eigenvalue weighted by Gasteiger charge is -2.14. The Morgan fingerprint density at radius 2 is 1.89 bits per heavy atom. The van der Waals surface area contributed by atoms with E-state index < -0.39 is 0 Å². The molecule has 0 amide bonds. The third kappa shape index (κ3) is 3.90. The zero-order valence-electron chi connectivity index (χ0n) is 10.6. The zero-order chi connectivity index (χ0) is 13.8. The standard InChI is InChI=1S/C15H15Cl2NS/c1-10-4-2-3-5-15(10)19-9-14(18)12-8-11(16)6-7-13(12)17/h2-8,14H,9,18H2,1H3. The van der Waals surface area contributed by atoms with E-state index in [-0.39, 0.29) is 6.04 Å². The molecular formula is C15H15Cl2NS. The lowest BCUT2D eigenvalue weighted by atomic mass is 10.1.